The van der Waals surface area contributed by atoms with Gasteiger partial charge in [-0.05, 0) is 0 Å². The zero-order valence-electron chi connectivity index (χ0n) is 10.5. The van der Waals surface area contributed by atoms with Crippen molar-refractivity contribution in [1.82, 2.24) is 14.3 Å². The van der Waals surface area contributed by atoms with E-state index in [1.165, 1.54) is 14.1 Å². The molecule has 1 amide bonds. The molecule has 0 atom stereocenters. The van der Waals surface area contributed by atoms with Gasteiger partial charge in [-0.15, -0.1) is 0 Å². The molecule has 0 heterocycles. The van der Waals surface area contributed by atoms with Crippen molar-refractivity contribution in [3.05, 3.63) is 0 Å². The van der Waals surface area contributed by atoms with Crippen LogP contribution >= 0.6 is 0 Å². The summed E-state index contributed by atoms with van der Waals surface area (Å²) in [5.41, 5.74) is -0.458. The Hall–Kier alpha value is -0.660. The lowest BCUT2D eigenvalue weighted by Crippen LogP contribution is -2.42. The predicted molar refractivity (Wildman–Crippen MR) is 63.1 cm³/mol. The monoisotopic (exact) mass is 251 g/mol. The summed E-state index contributed by atoms with van der Waals surface area (Å²) in [4.78, 5) is 11.4. The van der Waals surface area contributed by atoms with E-state index in [0.29, 0.717) is 0 Å². The highest BCUT2D eigenvalue weighted by molar-refractivity contribution is 7.87. The van der Waals surface area contributed by atoms with E-state index in [9.17, 15) is 13.2 Å². The summed E-state index contributed by atoms with van der Waals surface area (Å²) in [6, 6.07) is 0. The van der Waals surface area contributed by atoms with Gasteiger partial charge in [-0.1, -0.05) is 20.8 Å². The summed E-state index contributed by atoms with van der Waals surface area (Å²) in [6.45, 7) is 5.86. The Morgan fingerprint density at radius 2 is 1.69 bits per heavy atom. The maximum atomic E-state index is 11.4. The Morgan fingerprint density at radius 1 is 1.19 bits per heavy atom. The van der Waals surface area contributed by atoms with E-state index in [1.807, 2.05) is 0 Å². The van der Waals surface area contributed by atoms with E-state index >= 15 is 0 Å². The summed E-state index contributed by atoms with van der Waals surface area (Å²) in [5, 5.41) is 2.65. The number of hydrogen-bond donors (Lipinski definition) is 2. The van der Waals surface area contributed by atoms with E-state index in [0.717, 1.165) is 4.31 Å². The second-order valence-corrected chi connectivity index (χ2v) is 6.66. The van der Waals surface area contributed by atoms with Crippen LogP contribution in [-0.2, 0) is 15.0 Å². The fourth-order valence-electron chi connectivity index (χ4n) is 0.750. The van der Waals surface area contributed by atoms with Crippen LogP contribution in [0.4, 0.5) is 0 Å². The molecular formula is C9H21N3O3S. The van der Waals surface area contributed by atoms with Crippen molar-refractivity contribution >= 4 is 16.1 Å². The van der Waals surface area contributed by atoms with Crippen molar-refractivity contribution in [3.63, 3.8) is 0 Å². The number of carbonyl (C=O) groups is 1. The Balaban J connectivity index is 3.92. The SMILES string of the molecule is CN(C)S(=O)(=O)NCCNC(=O)C(C)(C)C. The van der Waals surface area contributed by atoms with Crippen LogP contribution in [0.2, 0.25) is 0 Å². The molecule has 0 aliphatic carbocycles. The van der Waals surface area contributed by atoms with Crippen molar-refractivity contribution in [3.8, 4) is 0 Å². The Bertz CT molecular complexity index is 330. The fraction of sp³-hybridized carbons (Fsp3) is 0.889. The topological polar surface area (TPSA) is 78.5 Å². The Labute approximate surface area is 97.6 Å². The second kappa shape index (κ2) is 5.60. The van der Waals surface area contributed by atoms with Gasteiger partial charge in [-0.25, -0.2) is 4.72 Å². The van der Waals surface area contributed by atoms with Gasteiger partial charge in [0.1, 0.15) is 0 Å². The summed E-state index contributed by atoms with van der Waals surface area (Å²) in [7, 11) is -0.518. The van der Waals surface area contributed by atoms with E-state index < -0.39 is 15.6 Å². The maximum Gasteiger partial charge on any atom is 0.278 e. The molecule has 2 N–H and O–H groups in total. The van der Waals surface area contributed by atoms with Crippen molar-refractivity contribution < 1.29 is 13.2 Å². The van der Waals surface area contributed by atoms with Gasteiger partial charge in [-0.3, -0.25) is 4.79 Å². The third-order valence-electron chi connectivity index (χ3n) is 1.86. The average molecular weight is 251 g/mol. The van der Waals surface area contributed by atoms with Gasteiger partial charge in [0.2, 0.25) is 5.91 Å². The third kappa shape index (κ3) is 5.43. The molecule has 0 saturated carbocycles. The van der Waals surface area contributed by atoms with E-state index in [2.05, 4.69) is 10.0 Å². The minimum Gasteiger partial charge on any atom is -0.354 e. The van der Waals surface area contributed by atoms with Gasteiger partial charge in [0.25, 0.3) is 10.2 Å². The first kappa shape index (κ1) is 15.3. The first-order valence-corrected chi connectivity index (χ1v) is 6.47. The lowest BCUT2D eigenvalue weighted by atomic mass is 9.96. The van der Waals surface area contributed by atoms with Gasteiger partial charge in [-0.2, -0.15) is 12.7 Å². The molecule has 0 saturated heterocycles. The lowest BCUT2D eigenvalue weighted by molar-refractivity contribution is -0.128. The third-order valence-corrected chi connectivity index (χ3v) is 3.39. The first-order valence-electron chi connectivity index (χ1n) is 5.03. The summed E-state index contributed by atoms with van der Waals surface area (Å²) < 4.78 is 26.0. The molecule has 0 aromatic heterocycles. The summed E-state index contributed by atoms with van der Waals surface area (Å²) >= 11 is 0. The van der Waals surface area contributed by atoms with Crippen molar-refractivity contribution in [2.75, 3.05) is 27.2 Å². The average Bonchev–Trinajstić information content (AvgIpc) is 2.10. The molecule has 0 radical (unpaired) electrons. The molecule has 0 aromatic rings. The normalized spacial score (nSPS) is 12.9. The van der Waals surface area contributed by atoms with E-state index in [4.69, 9.17) is 0 Å². The second-order valence-electron chi connectivity index (χ2n) is 4.69. The molecule has 0 aliphatic rings. The molecule has 0 bridgehead atoms. The highest BCUT2D eigenvalue weighted by Gasteiger charge is 2.20. The van der Waals surface area contributed by atoms with Crippen molar-refractivity contribution in [2.24, 2.45) is 5.41 Å². The quantitative estimate of drug-likeness (QED) is 0.649. The van der Waals surface area contributed by atoms with Gasteiger partial charge < -0.3 is 5.32 Å². The molecule has 6 nitrogen and oxygen atoms in total. The van der Waals surface area contributed by atoms with Gasteiger partial charge >= 0.3 is 0 Å². The molecule has 7 heteroatoms. The molecule has 16 heavy (non-hydrogen) atoms. The largest absolute Gasteiger partial charge is 0.354 e. The number of hydrogen-bond acceptors (Lipinski definition) is 3. The van der Waals surface area contributed by atoms with Crippen LogP contribution in [0.25, 0.3) is 0 Å². The van der Waals surface area contributed by atoms with E-state index in [1.54, 1.807) is 20.8 Å². The Kier molecular flexibility index (Phi) is 5.37. The molecule has 0 unspecified atom stereocenters. The first-order chi connectivity index (χ1) is 7.07. The molecule has 0 aromatic carbocycles. The lowest BCUT2D eigenvalue weighted by Gasteiger charge is -2.18. The number of nitrogens with one attached hydrogen (secondary N) is 2. The Morgan fingerprint density at radius 3 is 2.06 bits per heavy atom. The zero-order chi connectivity index (χ0) is 13.0. The number of carbonyl (C=O) groups excluding carboxylic acids is 1. The van der Waals surface area contributed by atoms with Crippen LogP contribution in [0, 0.1) is 5.41 Å². The molecule has 0 aliphatic heterocycles. The highest BCUT2D eigenvalue weighted by atomic mass is 32.2. The van der Waals surface area contributed by atoms with Crippen LogP contribution in [0.15, 0.2) is 0 Å². The number of rotatable bonds is 5. The van der Waals surface area contributed by atoms with Gasteiger partial charge in [0.15, 0.2) is 0 Å². The smallest absolute Gasteiger partial charge is 0.278 e. The van der Waals surface area contributed by atoms with Crippen LogP contribution < -0.4 is 10.0 Å². The molecule has 0 rings (SSSR count). The number of nitrogens with zero attached hydrogens (tertiary/aromatic N) is 1. The molecule has 0 spiro atoms. The summed E-state index contributed by atoms with van der Waals surface area (Å²) in [5.74, 6) is -0.100. The number of amides is 1. The van der Waals surface area contributed by atoms with Crippen LogP contribution in [-0.4, -0.2) is 45.8 Å². The minimum atomic E-state index is -3.40. The highest BCUT2D eigenvalue weighted by Crippen LogP contribution is 2.11. The van der Waals surface area contributed by atoms with Crippen molar-refractivity contribution in [2.45, 2.75) is 20.8 Å². The van der Waals surface area contributed by atoms with Crippen LogP contribution in [0.1, 0.15) is 20.8 Å². The molecular weight excluding hydrogens is 230 g/mol. The van der Waals surface area contributed by atoms with E-state index in [-0.39, 0.29) is 19.0 Å². The zero-order valence-corrected chi connectivity index (χ0v) is 11.3. The van der Waals surface area contributed by atoms with Crippen molar-refractivity contribution in [1.29, 1.82) is 0 Å². The minimum absolute atomic E-state index is 0.100. The predicted octanol–water partition coefficient (Wildman–Crippen LogP) is -0.455. The standard InChI is InChI=1S/C9H21N3O3S/c1-9(2,3)8(13)10-6-7-11-16(14,15)12(4)5/h11H,6-7H2,1-5H3,(H,10,13). The molecule has 96 valence electrons. The van der Waals surface area contributed by atoms with Crippen LogP contribution in [0.5, 0.6) is 0 Å². The summed E-state index contributed by atoms with van der Waals surface area (Å²) in [6.07, 6.45) is 0. The molecule has 0 fully saturated rings. The van der Waals surface area contributed by atoms with Gasteiger partial charge in [0, 0.05) is 32.6 Å². The van der Waals surface area contributed by atoms with Gasteiger partial charge in [0.05, 0.1) is 0 Å². The fourth-order valence-corrected chi connectivity index (χ4v) is 1.37. The van der Waals surface area contributed by atoms with Crippen LogP contribution in [0.3, 0.4) is 0 Å². The maximum absolute atomic E-state index is 11.4.